The molecule has 0 aromatic carbocycles. The normalized spacial score (nSPS) is 31.1. The zero-order chi connectivity index (χ0) is 13.7. The standard InChI is InChI=1S/C14H28N2O2/c1-6-15-13(14(17)18-5)9-16-8-10(2)7-11(3)12(16)4/h10-13,15H,6-9H2,1-5H3. The second-order valence-electron chi connectivity index (χ2n) is 5.65. The lowest BCUT2D eigenvalue weighted by Gasteiger charge is -2.42. The second-order valence-corrected chi connectivity index (χ2v) is 5.65. The number of ether oxygens (including phenoxy) is 1. The number of carbonyl (C=O) groups excluding carboxylic acids is 1. The van der Waals surface area contributed by atoms with Gasteiger partial charge in [-0.1, -0.05) is 20.8 Å². The number of nitrogens with zero attached hydrogens (tertiary/aromatic N) is 1. The summed E-state index contributed by atoms with van der Waals surface area (Å²) in [6.45, 7) is 11.5. The van der Waals surface area contributed by atoms with Gasteiger partial charge in [-0.3, -0.25) is 9.69 Å². The molecular weight excluding hydrogens is 228 g/mol. The molecule has 0 bridgehead atoms. The fraction of sp³-hybridized carbons (Fsp3) is 0.929. The summed E-state index contributed by atoms with van der Waals surface area (Å²) in [6, 6.07) is 0.326. The zero-order valence-corrected chi connectivity index (χ0v) is 12.4. The quantitative estimate of drug-likeness (QED) is 0.757. The fourth-order valence-electron chi connectivity index (χ4n) is 2.92. The Morgan fingerprint density at radius 3 is 2.67 bits per heavy atom. The highest BCUT2D eigenvalue weighted by Crippen LogP contribution is 2.26. The van der Waals surface area contributed by atoms with Gasteiger partial charge in [0, 0.05) is 19.1 Å². The van der Waals surface area contributed by atoms with E-state index in [0.29, 0.717) is 17.9 Å². The van der Waals surface area contributed by atoms with Crippen molar-refractivity contribution >= 4 is 5.97 Å². The van der Waals surface area contributed by atoms with Crippen molar-refractivity contribution < 1.29 is 9.53 Å². The molecule has 0 aromatic rings. The Kier molecular flexibility index (Phi) is 6.09. The minimum Gasteiger partial charge on any atom is -0.468 e. The van der Waals surface area contributed by atoms with Crippen molar-refractivity contribution in [1.29, 1.82) is 0 Å². The van der Waals surface area contributed by atoms with Gasteiger partial charge < -0.3 is 10.1 Å². The Labute approximate surface area is 111 Å². The molecule has 1 heterocycles. The molecule has 0 radical (unpaired) electrons. The van der Waals surface area contributed by atoms with E-state index >= 15 is 0 Å². The monoisotopic (exact) mass is 256 g/mol. The summed E-state index contributed by atoms with van der Waals surface area (Å²) in [7, 11) is 1.46. The lowest BCUT2D eigenvalue weighted by Crippen LogP contribution is -2.53. The SMILES string of the molecule is CCNC(CN1CC(C)CC(C)C1C)C(=O)OC. The topological polar surface area (TPSA) is 41.6 Å². The highest BCUT2D eigenvalue weighted by atomic mass is 16.5. The van der Waals surface area contributed by atoms with Gasteiger partial charge in [-0.15, -0.1) is 0 Å². The first-order valence-corrected chi connectivity index (χ1v) is 7.04. The number of carbonyl (C=O) groups is 1. The maximum atomic E-state index is 11.7. The molecule has 106 valence electrons. The van der Waals surface area contributed by atoms with E-state index in [9.17, 15) is 4.79 Å². The third-order valence-corrected chi connectivity index (χ3v) is 4.07. The molecule has 0 saturated carbocycles. The summed E-state index contributed by atoms with van der Waals surface area (Å²) >= 11 is 0. The van der Waals surface area contributed by atoms with Crippen LogP contribution in [-0.2, 0) is 9.53 Å². The first-order chi connectivity index (χ1) is 8.49. The Hall–Kier alpha value is -0.610. The number of piperidine rings is 1. The van der Waals surface area contributed by atoms with Crippen molar-refractivity contribution in [1.82, 2.24) is 10.2 Å². The van der Waals surface area contributed by atoms with Gasteiger partial charge in [-0.2, -0.15) is 0 Å². The van der Waals surface area contributed by atoms with Crippen molar-refractivity contribution in [3.63, 3.8) is 0 Å². The summed E-state index contributed by atoms with van der Waals surface area (Å²) in [5.74, 6) is 1.24. The van der Waals surface area contributed by atoms with E-state index in [-0.39, 0.29) is 12.0 Å². The van der Waals surface area contributed by atoms with Gasteiger partial charge in [-0.05, 0) is 31.7 Å². The summed E-state index contributed by atoms with van der Waals surface area (Å²) in [5, 5.41) is 3.21. The van der Waals surface area contributed by atoms with Crippen LogP contribution in [0.1, 0.15) is 34.1 Å². The average Bonchev–Trinajstić information content (AvgIpc) is 2.33. The Balaban J connectivity index is 2.63. The van der Waals surface area contributed by atoms with Gasteiger partial charge in [0.15, 0.2) is 0 Å². The van der Waals surface area contributed by atoms with Crippen LogP contribution in [0, 0.1) is 11.8 Å². The number of methoxy groups -OCH3 is 1. The fourth-order valence-corrected chi connectivity index (χ4v) is 2.92. The molecule has 1 saturated heterocycles. The van der Waals surface area contributed by atoms with E-state index < -0.39 is 0 Å². The molecule has 4 nitrogen and oxygen atoms in total. The van der Waals surface area contributed by atoms with Gasteiger partial charge in [0.05, 0.1) is 7.11 Å². The molecular formula is C14H28N2O2. The number of rotatable bonds is 5. The number of hydrogen-bond donors (Lipinski definition) is 1. The Morgan fingerprint density at radius 1 is 1.44 bits per heavy atom. The molecule has 1 N–H and O–H groups in total. The van der Waals surface area contributed by atoms with Crippen molar-refractivity contribution in [2.45, 2.75) is 46.2 Å². The van der Waals surface area contributed by atoms with E-state index in [1.165, 1.54) is 13.5 Å². The third kappa shape index (κ3) is 3.95. The van der Waals surface area contributed by atoms with E-state index in [2.05, 4.69) is 31.0 Å². The highest BCUT2D eigenvalue weighted by molar-refractivity contribution is 5.75. The molecule has 4 unspecified atom stereocenters. The average molecular weight is 256 g/mol. The molecule has 18 heavy (non-hydrogen) atoms. The minimum absolute atomic E-state index is 0.157. The van der Waals surface area contributed by atoms with Crippen molar-refractivity contribution in [2.24, 2.45) is 11.8 Å². The molecule has 1 aliphatic rings. The van der Waals surface area contributed by atoms with Gasteiger partial charge >= 0.3 is 5.97 Å². The first-order valence-electron chi connectivity index (χ1n) is 7.04. The van der Waals surface area contributed by atoms with Crippen LogP contribution in [0.3, 0.4) is 0 Å². The van der Waals surface area contributed by atoms with Crippen LogP contribution >= 0.6 is 0 Å². The first kappa shape index (κ1) is 15.4. The number of nitrogens with one attached hydrogen (secondary N) is 1. The van der Waals surface area contributed by atoms with E-state index in [1.54, 1.807) is 0 Å². The number of likely N-dealkylation sites (tertiary alicyclic amines) is 1. The molecule has 4 atom stereocenters. The Morgan fingerprint density at radius 2 is 2.11 bits per heavy atom. The van der Waals surface area contributed by atoms with Crippen LogP contribution in [-0.4, -0.2) is 49.7 Å². The van der Waals surface area contributed by atoms with Crippen molar-refractivity contribution in [3.8, 4) is 0 Å². The lowest BCUT2D eigenvalue weighted by atomic mass is 9.86. The molecule has 0 amide bonds. The summed E-state index contributed by atoms with van der Waals surface area (Å²) in [5.41, 5.74) is 0. The van der Waals surface area contributed by atoms with Crippen LogP contribution in [0.5, 0.6) is 0 Å². The maximum Gasteiger partial charge on any atom is 0.324 e. The molecule has 1 rings (SSSR count). The molecule has 1 aliphatic heterocycles. The molecule has 0 aromatic heterocycles. The predicted octanol–water partition coefficient (Wildman–Crippen LogP) is 1.50. The molecule has 4 heteroatoms. The van der Waals surface area contributed by atoms with Crippen molar-refractivity contribution in [3.05, 3.63) is 0 Å². The molecule has 0 aliphatic carbocycles. The van der Waals surface area contributed by atoms with Crippen LogP contribution in [0.25, 0.3) is 0 Å². The summed E-state index contributed by atoms with van der Waals surface area (Å²) < 4.78 is 4.87. The number of likely N-dealkylation sites (N-methyl/N-ethyl adjacent to an activating group) is 1. The van der Waals surface area contributed by atoms with Gasteiger partial charge in [0.2, 0.25) is 0 Å². The lowest BCUT2D eigenvalue weighted by molar-refractivity contribution is -0.144. The molecule has 1 fully saturated rings. The summed E-state index contributed by atoms with van der Waals surface area (Å²) in [4.78, 5) is 14.2. The second kappa shape index (κ2) is 7.10. The third-order valence-electron chi connectivity index (χ3n) is 4.07. The number of esters is 1. The van der Waals surface area contributed by atoms with Crippen LogP contribution < -0.4 is 5.32 Å². The van der Waals surface area contributed by atoms with Crippen molar-refractivity contribution in [2.75, 3.05) is 26.7 Å². The van der Waals surface area contributed by atoms with Gasteiger partial charge in [-0.25, -0.2) is 0 Å². The van der Waals surface area contributed by atoms with Gasteiger partial charge in [0.25, 0.3) is 0 Å². The minimum atomic E-state index is -0.208. The summed E-state index contributed by atoms with van der Waals surface area (Å²) in [6.07, 6.45) is 1.28. The maximum absolute atomic E-state index is 11.7. The predicted molar refractivity (Wildman–Crippen MR) is 73.5 cm³/mol. The highest BCUT2D eigenvalue weighted by Gasteiger charge is 2.31. The smallest absolute Gasteiger partial charge is 0.324 e. The Bertz CT molecular complexity index is 271. The van der Waals surface area contributed by atoms with Crippen LogP contribution in [0.4, 0.5) is 0 Å². The van der Waals surface area contributed by atoms with E-state index in [1.807, 2.05) is 6.92 Å². The van der Waals surface area contributed by atoms with Gasteiger partial charge in [0.1, 0.15) is 6.04 Å². The van der Waals surface area contributed by atoms with E-state index in [4.69, 9.17) is 4.74 Å². The largest absolute Gasteiger partial charge is 0.468 e. The molecule has 0 spiro atoms. The van der Waals surface area contributed by atoms with E-state index in [0.717, 1.165) is 19.6 Å². The van der Waals surface area contributed by atoms with Crippen LogP contribution in [0.15, 0.2) is 0 Å². The zero-order valence-electron chi connectivity index (χ0n) is 12.4. The number of hydrogen-bond acceptors (Lipinski definition) is 4. The van der Waals surface area contributed by atoms with Crippen LogP contribution in [0.2, 0.25) is 0 Å².